The second kappa shape index (κ2) is 8.00. The van der Waals surface area contributed by atoms with Crippen molar-refractivity contribution in [1.82, 2.24) is 0 Å². The van der Waals surface area contributed by atoms with Crippen molar-refractivity contribution in [1.29, 1.82) is 0 Å². The van der Waals surface area contributed by atoms with Gasteiger partial charge in [0.1, 0.15) is 18.1 Å². The van der Waals surface area contributed by atoms with Crippen LogP contribution in [0.4, 0.5) is 0 Å². The molecule has 3 rings (SSSR count). The highest BCUT2D eigenvalue weighted by atomic mass is 35.5. The number of fused-ring (bicyclic) bond motifs is 1. The number of halogens is 1. The van der Waals surface area contributed by atoms with Gasteiger partial charge in [-0.05, 0) is 74.1 Å². The van der Waals surface area contributed by atoms with Crippen LogP contribution >= 0.6 is 11.6 Å². The Morgan fingerprint density at radius 2 is 2.08 bits per heavy atom. The van der Waals surface area contributed by atoms with Crippen molar-refractivity contribution in [3.05, 3.63) is 58.1 Å². The maximum absolute atomic E-state index is 11.0. The van der Waals surface area contributed by atoms with Crippen LogP contribution in [0.25, 0.3) is 0 Å². The third-order valence-corrected chi connectivity index (χ3v) is 4.75. The lowest BCUT2D eigenvalue weighted by molar-refractivity contribution is -0.137. The molecule has 0 spiro atoms. The third kappa shape index (κ3) is 4.50. The van der Waals surface area contributed by atoms with Crippen LogP contribution in [0.15, 0.2) is 36.4 Å². The van der Waals surface area contributed by atoms with Crippen LogP contribution in [0, 0.1) is 0 Å². The summed E-state index contributed by atoms with van der Waals surface area (Å²) >= 11 is 6.11. The minimum Gasteiger partial charge on any atom is -0.491 e. The van der Waals surface area contributed by atoms with Crippen molar-refractivity contribution >= 4 is 17.6 Å². The monoisotopic (exact) mass is 374 g/mol. The molecule has 5 heteroatoms. The van der Waals surface area contributed by atoms with Gasteiger partial charge in [0.25, 0.3) is 0 Å². The Bertz CT molecular complexity index is 801. The lowest BCUT2D eigenvalue weighted by Crippen LogP contribution is -2.08. The number of aliphatic carboxylic acids is 1. The van der Waals surface area contributed by atoms with Gasteiger partial charge in [0.15, 0.2) is 0 Å². The van der Waals surface area contributed by atoms with E-state index in [2.05, 4.69) is 0 Å². The summed E-state index contributed by atoms with van der Waals surface area (Å²) in [7, 11) is 0. The summed E-state index contributed by atoms with van der Waals surface area (Å²) in [5.74, 6) is 0.902. The molecule has 0 saturated carbocycles. The van der Waals surface area contributed by atoms with E-state index >= 15 is 0 Å². The van der Waals surface area contributed by atoms with E-state index in [0.717, 1.165) is 35.5 Å². The van der Waals surface area contributed by atoms with E-state index < -0.39 is 5.97 Å². The van der Waals surface area contributed by atoms with Gasteiger partial charge in [-0.15, -0.1) is 0 Å². The summed E-state index contributed by atoms with van der Waals surface area (Å²) in [6, 6.07) is 11.4. The van der Waals surface area contributed by atoms with Crippen LogP contribution in [0.1, 0.15) is 49.3 Å². The zero-order valence-electron chi connectivity index (χ0n) is 15.0. The number of hydrogen-bond donors (Lipinski definition) is 1. The second-order valence-electron chi connectivity index (χ2n) is 6.90. The predicted molar refractivity (Wildman–Crippen MR) is 101 cm³/mol. The molecule has 0 radical (unpaired) electrons. The number of carboxylic acid groups (broad SMARTS) is 1. The second-order valence-corrected chi connectivity index (χ2v) is 7.34. The van der Waals surface area contributed by atoms with E-state index in [4.69, 9.17) is 26.2 Å². The molecular formula is C21H23ClO4. The molecule has 1 unspecified atom stereocenters. The SMILES string of the molecule is CC(C)Oc1ccc(Cl)cc1COc1ccc2c(c1)CCC2CC(=O)O. The van der Waals surface area contributed by atoms with E-state index in [9.17, 15) is 4.79 Å². The lowest BCUT2D eigenvalue weighted by Gasteiger charge is -2.16. The summed E-state index contributed by atoms with van der Waals surface area (Å²) in [6.45, 7) is 4.32. The van der Waals surface area contributed by atoms with Crippen molar-refractivity contribution in [3.63, 3.8) is 0 Å². The van der Waals surface area contributed by atoms with Crippen molar-refractivity contribution in [2.24, 2.45) is 0 Å². The van der Waals surface area contributed by atoms with E-state index in [1.165, 1.54) is 5.56 Å². The van der Waals surface area contributed by atoms with E-state index in [1.54, 1.807) is 6.07 Å². The molecule has 1 aliphatic rings. The first-order valence-electron chi connectivity index (χ1n) is 8.85. The fraction of sp³-hybridized carbons (Fsp3) is 0.381. The van der Waals surface area contributed by atoms with Crippen molar-refractivity contribution in [2.45, 2.75) is 51.7 Å². The van der Waals surface area contributed by atoms with Crippen molar-refractivity contribution in [3.8, 4) is 11.5 Å². The molecule has 0 heterocycles. The highest BCUT2D eigenvalue weighted by molar-refractivity contribution is 6.30. The molecule has 1 aliphatic carbocycles. The van der Waals surface area contributed by atoms with E-state index in [0.29, 0.717) is 11.6 Å². The summed E-state index contributed by atoms with van der Waals surface area (Å²) < 4.78 is 11.8. The van der Waals surface area contributed by atoms with Gasteiger partial charge in [0.2, 0.25) is 0 Å². The molecular weight excluding hydrogens is 352 g/mol. The molecule has 4 nitrogen and oxygen atoms in total. The lowest BCUT2D eigenvalue weighted by atomic mass is 9.98. The van der Waals surface area contributed by atoms with Gasteiger partial charge >= 0.3 is 5.97 Å². The van der Waals surface area contributed by atoms with Gasteiger partial charge in [-0.25, -0.2) is 0 Å². The van der Waals surface area contributed by atoms with Gasteiger partial charge in [0.05, 0.1) is 12.5 Å². The van der Waals surface area contributed by atoms with Gasteiger partial charge in [0, 0.05) is 10.6 Å². The van der Waals surface area contributed by atoms with Gasteiger partial charge in [-0.2, -0.15) is 0 Å². The molecule has 0 fully saturated rings. The number of aryl methyl sites for hydroxylation is 1. The molecule has 1 N–H and O–H groups in total. The van der Waals surface area contributed by atoms with Crippen LogP contribution < -0.4 is 9.47 Å². The zero-order chi connectivity index (χ0) is 18.7. The Morgan fingerprint density at radius 3 is 2.81 bits per heavy atom. The van der Waals surface area contributed by atoms with Crippen molar-refractivity contribution < 1.29 is 19.4 Å². The Labute approximate surface area is 158 Å². The predicted octanol–water partition coefficient (Wildman–Crippen LogP) is 5.21. The number of carbonyl (C=O) groups is 1. The Morgan fingerprint density at radius 1 is 1.27 bits per heavy atom. The quantitative estimate of drug-likeness (QED) is 0.722. The topological polar surface area (TPSA) is 55.8 Å². The first-order chi connectivity index (χ1) is 12.4. The third-order valence-electron chi connectivity index (χ3n) is 4.52. The Balaban J connectivity index is 1.71. The molecule has 0 aromatic heterocycles. The fourth-order valence-electron chi connectivity index (χ4n) is 3.39. The zero-order valence-corrected chi connectivity index (χ0v) is 15.8. The number of carboxylic acids is 1. The standard InChI is InChI=1S/C21H23ClO4/c1-13(2)26-20-8-5-17(22)9-16(20)12-25-18-6-7-19-14(10-18)3-4-15(19)11-21(23)24/h5-10,13,15H,3-4,11-12H2,1-2H3,(H,23,24). The molecule has 2 aromatic carbocycles. The van der Waals surface area contributed by atoms with Crippen LogP contribution in [-0.2, 0) is 17.8 Å². The normalized spacial score (nSPS) is 15.8. The summed E-state index contributed by atoms with van der Waals surface area (Å²) in [6.07, 6.45) is 2.03. The highest BCUT2D eigenvalue weighted by Crippen LogP contribution is 2.37. The van der Waals surface area contributed by atoms with Crippen LogP contribution in [-0.4, -0.2) is 17.2 Å². The van der Waals surface area contributed by atoms with E-state index in [1.807, 2.05) is 44.2 Å². The summed E-state index contributed by atoms with van der Waals surface area (Å²) in [5.41, 5.74) is 3.21. The molecule has 0 amide bonds. The minimum atomic E-state index is -0.748. The molecule has 0 bridgehead atoms. The maximum atomic E-state index is 11.0. The molecule has 0 aliphatic heterocycles. The van der Waals surface area contributed by atoms with Gasteiger partial charge in [-0.3, -0.25) is 4.79 Å². The number of benzene rings is 2. The number of hydrogen-bond acceptors (Lipinski definition) is 3. The Hall–Kier alpha value is -2.20. The maximum Gasteiger partial charge on any atom is 0.303 e. The molecule has 0 saturated heterocycles. The molecule has 26 heavy (non-hydrogen) atoms. The van der Waals surface area contributed by atoms with Crippen LogP contribution in [0.5, 0.6) is 11.5 Å². The average molecular weight is 375 g/mol. The first-order valence-corrected chi connectivity index (χ1v) is 9.22. The number of rotatable bonds is 7. The first kappa shape index (κ1) is 18.6. The Kier molecular flexibility index (Phi) is 5.72. The van der Waals surface area contributed by atoms with Gasteiger partial charge < -0.3 is 14.6 Å². The van der Waals surface area contributed by atoms with E-state index in [-0.39, 0.29) is 18.4 Å². The highest BCUT2D eigenvalue weighted by Gasteiger charge is 2.24. The van der Waals surface area contributed by atoms with Crippen LogP contribution in [0.3, 0.4) is 0 Å². The minimum absolute atomic E-state index is 0.0705. The largest absolute Gasteiger partial charge is 0.491 e. The molecule has 1 atom stereocenters. The summed E-state index contributed by atoms with van der Waals surface area (Å²) in [4.78, 5) is 11.0. The smallest absolute Gasteiger partial charge is 0.303 e. The number of ether oxygens (including phenoxy) is 2. The summed E-state index contributed by atoms with van der Waals surface area (Å²) in [5, 5.41) is 9.67. The van der Waals surface area contributed by atoms with Crippen LogP contribution in [0.2, 0.25) is 5.02 Å². The fourth-order valence-corrected chi connectivity index (χ4v) is 3.58. The van der Waals surface area contributed by atoms with Gasteiger partial charge in [-0.1, -0.05) is 17.7 Å². The molecule has 138 valence electrons. The molecule has 2 aromatic rings. The van der Waals surface area contributed by atoms with Crippen molar-refractivity contribution in [2.75, 3.05) is 0 Å². The average Bonchev–Trinajstić information content (AvgIpc) is 2.96.